The topological polar surface area (TPSA) is 73.6 Å². The number of nitriles is 1. The molecule has 0 aliphatic carbocycles. The molecule has 0 amide bonds. The molecule has 0 aromatic heterocycles. The monoisotopic (exact) mass is 329 g/mol. The third-order valence-corrected chi connectivity index (χ3v) is 6.71. The van der Waals surface area contributed by atoms with Crippen molar-refractivity contribution in [3.8, 4) is 6.07 Å². The van der Waals surface area contributed by atoms with Crippen LogP contribution in [0.15, 0.2) is 0 Å². The highest BCUT2D eigenvalue weighted by molar-refractivity contribution is 7.89. The van der Waals surface area contributed by atoms with Gasteiger partial charge in [0.2, 0.25) is 10.0 Å². The molecule has 0 aromatic carbocycles. The molecule has 22 heavy (non-hydrogen) atoms. The number of likely N-dealkylation sites (tertiary alicyclic amines) is 1. The largest absolute Gasteiger partial charge is 0.381 e. The molecule has 0 bridgehead atoms. The Balaban J connectivity index is 1.85. The summed E-state index contributed by atoms with van der Waals surface area (Å²) in [6.45, 7) is 4.69. The van der Waals surface area contributed by atoms with Crippen LogP contribution in [-0.2, 0) is 14.8 Å². The van der Waals surface area contributed by atoms with Crippen LogP contribution < -0.4 is 0 Å². The molecule has 0 aromatic rings. The summed E-state index contributed by atoms with van der Waals surface area (Å²) in [7, 11) is -1.74. The van der Waals surface area contributed by atoms with Crippen molar-refractivity contribution < 1.29 is 13.2 Å². The normalized spacial score (nSPS) is 22.8. The quantitative estimate of drug-likeness (QED) is 0.694. The minimum atomic E-state index is -3.37. The van der Waals surface area contributed by atoms with E-state index in [0.717, 1.165) is 32.5 Å². The average molecular weight is 329 g/mol. The molecule has 2 fully saturated rings. The summed E-state index contributed by atoms with van der Waals surface area (Å²) in [4.78, 5) is 2.30. The molecule has 2 rings (SSSR count). The maximum absolute atomic E-state index is 12.5. The summed E-state index contributed by atoms with van der Waals surface area (Å²) in [6.07, 6.45) is 3.98. The molecule has 2 saturated heterocycles. The fourth-order valence-corrected chi connectivity index (χ4v) is 4.59. The number of likely N-dealkylation sites (N-methyl/N-ethyl adjacent to an activating group) is 1. The number of sulfonamides is 1. The van der Waals surface area contributed by atoms with Gasteiger partial charge in [0.1, 0.15) is 0 Å². The second kappa shape index (κ2) is 8.25. The summed E-state index contributed by atoms with van der Waals surface area (Å²) in [6, 6.07) is 2.21. The van der Waals surface area contributed by atoms with Crippen molar-refractivity contribution in [3.63, 3.8) is 0 Å². The Hall–Kier alpha value is -0.680. The van der Waals surface area contributed by atoms with Gasteiger partial charge in [-0.1, -0.05) is 0 Å². The van der Waals surface area contributed by atoms with E-state index < -0.39 is 15.9 Å². The highest BCUT2D eigenvalue weighted by Gasteiger charge is 2.30. The fourth-order valence-electron chi connectivity index (χ4n) is 3.18. The van der Waals surface area contributed by atoms with E-state index in [1.807, 2.05) is 0 Å². The van der Waals surface area contributed by atoms with Gasteiger partial charge in [-0.25, -0.2) is 12.7 Å². The lowest BCUT2D eigenvalue weighted by atomic mass is 9.88. The summed E-state index contributed by atoms with van der Waals surface area (Å²) in [5, 5.41) is 9.34. The molecule has 126 valence electrons. The summed E-state index contributed by atoms with van der Waals surface area (Å²) in [5.74, 6) is -0.353. The number of hydrogen-bond donors (Lipinski definition) is 0. The van der Waals surface area contributed by atoms with E-state index in [4.69, 9.17) is 4.74 Å². The van der Waals surface area contributed by atoms with E-state index in [2.05, 4.69) is 11.0 Å². The molecule has 2 aliphatic rings. The minimum Gasteiger partial charge on any atom is -0.381 e. The van der Waals surface area contributed by atoms with Crippen molar-refractivity contribution in [2.45, 2.75) is 25.7 Å². The predicted octanol–water partition coefficient (Wildman–Crippen LogP) is 0.910. The Kier molecular flexibility index (Phi) is 6.63. The maximum Gasteiger partial charge on any atom is 0.215 e. The van der Waals surface area contributed by atoms with Gasteiger partial charge in [0, 0.05) is 33.4 Å². The van der Waals surface area contributed by atoms with Crippen molar-refractivity contribution in [1.82, 2.24) is 9.21 Å². The molecule has 0 N–H and O–H groups in total. The van der Waals surface area contributed by atoms with Gasteiger partial charge >= 0.3 is 0 Å². The lowest BCUT2D eigenvalue weighted by molar-refractivity contribution is 0.0571. The lowest BCUT2D eigenvalue weighted by Gasteiger charge is -2.27. The zero-order valence-corrected chi connectivity index (χ0v) is 14.2. The molecule has 0 spiro atoms. The molecule has 2 aliphatic heterocycles. The summed E-state index contributed by atoms with van der Waals surface area (Å²) < 4.78 is 31.7. The summed E-state index contributed by atoms with van der Waals surface area (Å²) >= 11 is 0. The predicted molar refractivity (Wildman–Crippen MR) is 84.7 cm³/mol. The minimum absolute atomic E-state index is 0.0648. The van der Waals surface area contributed by atoms with Gasteiger partial charge in [0.05, 0.1) is 17.7 Å². The van der Waals surface area contributed by atoms with Gasteiger partial charge in [0.25, 0.3) is 0 Å². The van der Waals surface area contributed by atoms with Crippen LogP contribution >= 0.6 is 0 Å². The van der Waals surface area contributed by atoms with Crippen LogP contribution in [0.4, 0.5) is 0 Å². The van der Waals surface area contributed by atoms with Crippen LogP contribution in [0.2, 0.25) is 0 Å². The van der Waals surface area contributed by atoms with E-state index in [0.29, 0.717) is 19.8 Å². The van der Waals surface area contributed by atoms with Gasteiger partial charge in [0.15, 0.2) is 0 Å². The molecular weight excluding hydrogens is 302 g/mol. The SMILES string of the molecule is CN(CCN1CCCC1)S(=O)(=O)CC(C#N)C1CCOCC1. The first-order valence-corrected chi connectivity index (χ1v) is 9.77. The molecule has 7 heteroatoms. The molecule has 0 saturated carbocycles. The standard InChI is InChI=1S/C15H27N3O3S/c1-17(8-9-18-6-2-3-7-18)22(19,20)13-15(12-16)14-4-10-21-11-5-14/h14-15H,2-11,13H2,1H3. The Bertz CT molecular complexity index is 477. The third kappa shape index (κ3) is 4.92. The van der Waals surface area contributed by atoms with Crippen molar-refractivity contribution in [2.24, 2.45) is 11.8 Å². The fraction of sp³-hybridized carbons (Fsp3) is 0.933. The second-order valence-corrected chi connectivity index (χ2v) is 8.45. The first kappa shape index (κ1) is 17.7. The Morgan fingerprint density at radius 1 is 1.32 bits per heavy atom. The molecule has 6 nitrogen and oxygen atoms in total. The first-order chi connectivity index (χ1) is 10.5. The van der Waals surface area contributed by atoms with Crippen molar-refractivity contribution in [3.05, 3.63) is 0 Å². The average Bonchev–Trinajstić information content (AvgIpc) is 3.04. The second-order valence-electron chi connectivity index (χ2n) is 6.33. The van der Waals surface area contributed by atoms with Crippen molar-refractivity contribution >= 4 is 10.0 Å². The van der Waals surface area contributed by atoms with Crippen molar-refractivity contribution in [2.75, 3.05) is 52.2 Å². The number of rotatable bonds is 7. The maximum atomic E-state index is 12.5. The highest BCUT2D eigenvalue weighted by Crippen LogP contribution is 2.25. The van der Waals surface area contributed by atoms with Crippen LogP contribution in [0, 0.1) is 23.2 Å². The number of nitrogens with zero attached hydrogens (tertiary/aromatic N) is 3. The van der Waals surface area contributed by atoms with Crippen LogP contribution in [0.25, 0.3) is 0 Å². The van der Waals surface area contributed by atoms with Crippen LogP contribution in [-0.4, -0.2) is 69.8 Å². The van der Waals surface area contributed by atoms with E-state index >= 15 is 0 Å². The van der Waals surface area contributed by atoms with Crippen molar-refractivity contribution in [1.29, 1.82) is 5.26 Å². The smallest absolute Gasteiger partial charge is 0.215 e. The first-order valence-electron chi connectivity index (χ1n) is 8.16. The Morgan fingerprint density at radius 3 is 2.55 bits per heavy atom. The van der Waals surface area contributed by atoms with E-state index in [9.17, 15) is 13.7 Å². The Labute approximate surface area is 134 Å². The van der Waals surface area contributed by atoms with Crippen LogP contribution in [0.5, 0.6) is 0 Å². The highest BCUT2D eigenvalue weighted by atomic mass is 32.2. The molecular formula is C15H27N3O3S. The van der Waals surface area contributed by atoms with E-state index in [-0.39, 0.29) is 11.7 Å². The van der Waals surface area contributed by atoms with Crippen LogP contribution in [0.3, 0.4) is 0 Å². The molecule has 1 unspecified atom stereocenters. The van der Waals surface area contributed by atoms with Gasteiger partial charge in [-0.3, -0.25) is 0 Å². The zero-order chi connectivity index (χ0) is 16.0. The van der Waals surface area contributed by atoms with Crippen LogP contribution in [0.1, 0.15) is 25.7 Å². The zero-order valence-electron chi connectivity index (χ0n) is 13.4. The number of hydrogen-bond acceptors (Lipinski definition) is 5. The van der Waals surface area contributed by atoms with Gasteiger partial charge in [-0.05, 0) is 44.7 Å². The third-order valence-electron chi connectivity index (χ3n) is 4.80. The molecule has 2 heterocycles. The Morgan fingerprint density at radius 2 is 1.95 bits per heavy atom. The van der Waals surface area contributed by atoms with E-state index in [1.165, 1.54) is 17.1 Å². The van der Waals surface area contributed by atoms with Gasteiger partial charge in [-0.2, -0.15) is 5.26 Å². The van der Waals surface area contributed by atoms with E-state index in [1.54, 1.807) is 7.05 Å². The number of ether oxygens (including phenoxy) is 1. The van der Waals surface area contributed by atoms with Gasteiger partial charge in [-0.15, -0.1) is 0 Å². The van der Waals surface area contributed by atoms with Gasteiger partial charge < -0.3 is 9.64 Å². The lowest BCUT2D eigenvalue weighted by Crippen LogP contribution is -2.39. The molecule has 0 radical (unpaired) electrons. The molecule has 1 atom stereocenters. The summed E-state index contributed by atoms with van der Waals surface area (Å²) in [5.41, 5.74) is 0.